The SMILES string of the molecule is CCC(c1nc(C)c(CCO)s1)N(c1cc(F)ccc1F)S(=O)(=O)c1ccc(Cl)cc1. The topological polar surface area (TPSA) is 70.5 Å². The molecule has 0 bridgehead atoms. The van der Waals surface area contributed by atoms with Crippen molar-refractivity contribution in [1.29, 1.82) is 0 Å². The van der Waals surface area contributed by atoms with Crippen molar-refractivity contribution in [2.45, 2.75) is 37.6 Å². The predicted octanol–water partition coefficient (Wildman–Crippen LogP) is 5.26. The van der Waals surface area contributed by atoms with E-state index in [1.807, 2.05) is 0 Å². The van der Waals surface area contributed by atoms with Crippen molar-refractivity contribution in [3.05, 3.63) is 74.7 Å². The number of aryl methyl sites for hydroxylation is 1. The lowest BCUT2D eigenvalue weighted by molar-refractivity contribution is 0.300. The number of thiazole rings is 1. The number of aliphatic hydroxyl groups excluding tert-OH is 1. The van der Waals surface area contributed by atoms with E-state index in [4.69, 9.17) is 11.6 Å². The molecule has 0 fully saturated rings. The van der Waals surface area contributed by atoms with Gasteiger partial charge < -0.3 is 5.11 Å². The monoisotopic (exact) mass is 486 g/mol. The van der Waals surface area contributed by atoms with Gasteiger partial charge in [0, 0.05) is 29.0 Å². The van der Waals surface area contributed by atoms with E-state index in [1.54, 1.807) is 13.8 Å². The molecule has 1 aromatic heterocycles. The molecule has 0 aliphatic heterocycles. The van der Waals surface area contributed by atoms with Crippen LogP contribution in [0.5, 0.6) is 0 Å². The van der Waals surface area contributed by atoms with Gasteiger partial charge in [0.15, 0.2) is 0 Å². The molecule has 0 aliphatic rings. The summed E-state index contributed by atoms with van der Waals surface area (Å²) in [6.07, 6.45) is 0.631. The zero-order valence-corrected chi connectivity index (χ0v) is 19.2. The first-order valence-corrected chi connectivity index (χ1v) is 12.1. The third-order valence-electron chi connectivity index (χ3n) is 4.72. The molecular formula is C21H21ClF2N2O3S2. The summed E-state index contributed by atoms with van der Waals surface area (Å²) < 4.78 is 57.0. The van der Waals surface area contributed by atoms with E-state index in [2.05, 4.69) is 4.98 Å². The van der Waals surface area contributed by atoms with Gasteiger partial charge in [-0.15, -0.1) is 11.3 Å². The zero-order chi connectivity index (χ0) is 22.8. The van der Waals surface area contributed by atoms with Crippen molar-refractivity contribution in [2.75, 3.05) is 10.9 Å². The molecule has 0 saturated carbocycles. The van der Waals surface area contributed by atoms with Crippen LogP contribution in [-0.2, 0) is 16.4 Å². The lowest BCUT2D eigenvalue weighted by atomic mass is 10.2. The standard InChI is InChI=1S/C21H21ClF2N2O3S2/c1-3-18(21-25-13(2)20(30-21)10-11-27)26(19-12-15(23)6-9-17(19)24)31(28,29)16-7-4-14(22)5-8-16/h4-9,12,18,27H,3,10-11H2,1-2H3. The van der Waals surface area contributed by atoms with Crippen molar-refractivity contribution < 1.29 is 22.3 Å². The van der Waals surface area contributed by atoms with Gasteiger partial charge in [0.2, 0.25) is 0 Å². The second-order valence-corrected chi connectivity index (χ2v) is 10.2. The van der Waals surface area contributed by atoms with Gasteiger partial charge in [0.05, 0.1) is 22.3 Å². The summed E-state index contributed by atoms with van der Waals surface area (Å²) in [4.78, 5) is 5.18. The molecule has 166 valence electrons. The molecule has 0 amide bonds. The number of sulfonamides is 1. The average molecular weight is 487 g/mol. The van der Waals surface area contributed by atoms with Crippen LogP contribution in [0.3, 0.4) is 0 Å². The van der Waals surface area contributed by atoms with E-state index in [9.17, 15) is 22.3 Å². The summed E-state index contributed by atoms with van der Waals surface area (Å²) in [6, 6.07) is 7.28. The molecular weight excluding hydrogens is 466 g/mol. The maximum Gasteiger partial charge on any atom is 0.265 e. The molecule has 1 heterocycles. The van der Waals surface area contributed by atoms with Gasteiger partial charge in [-0.05, 0) is 49.7 Å². The first-order valence-electron chi connectivity index (χ1n) is 9.51. The molecule has 3 aromatic rings. The molecule has 3 rings (SSSR count). The van der Waals surface area contributed by atoms with E-state index >= 15 is 0 Å². The van der Waals surface area contributed by atoms with E-state index in [0.29, 0.717) is 22.1 Å². The molecule has 2 aromatic carbocycles. The number of benzene rings is 2. The van der Waals surface area contributed by atoms with Crippen LogP contribution in [-0.4, -0.2) is 25.1 Å². The average Bonchev–Trinajstić information content (AvgIpc) is 3.08. The van der Waals surface area contributed by atoms with E-state index in [1.165, 1.54) is 35.6 Å². The summed E-state index contributed by atoms with van der Waals surface area (Å²) >= 11 is 7.14. The molecule has 0 aliphatic carbocycles. The summed E-state index contributed by atoms with van der Waals surface area (Å²) in [7, 11) is -4.30. The molecule has 31 heavy (non-hydrogen) atoms. The van der Waals surface area contributed by atoms with Gasteiger partial charge in [0.1, 0.15) is 16.6 Å². The number of aromatic nitrogens is 1. The van der Waals surface area contributed by atoms with Crippen LogP contribution in [0.2, 0.25) is 5.02 Å². The summed E-state index contributed by atoms with van der Waals surface area (Å²) in [6.45, 7) is 3.43. The van der Waals surface area contributed by atoms with Gasteiger partial charge in [-0.2, -0.15) is 0 Å². The normalized spacial score (nSPS) is 12.7. The predicted molar refractivity (Wildman–Crippen MR) is 118 cm³/mol. The second-order valence-electron chi connectivity index (χ2n) is 6.81. The lowest BCUT2D eigenvalue weighted by Gasteiger charge is -2.31. The van der Waals surface area contributed by atoms with Crippen molar-refractivity contribution in [3.63, 3.8) is 0 Å². The number of nitrogens with zero attached hydrogens (tertiary/aromatic N) is 2. The van der Waals surface area contributed by atoms with Crippen molar-refractivity contribution >= 4 is 38.6 Å². The fourth-order valence-corrected chi connectivity index (χ4v) is 6.32. The van der Waals surface area contributed by atoms with E-state index in [0.717, 1.165) is 27.4 Å². The summed E-state index contributed by atoms with van der Waals surface area (Å²) in [5.41, 5.74) is 0.259. The van der Waals surface area contributed by atoms with Gasteiger partial charge in [-0.1, -0.05) is 18.5 Å². The van der Waals surface area contributed by atoms with Crippen LogP contribution in [0.25, 0.3) is 0 Å². The molecule has 5 nitrogen and oxygen atoms in total. The first-order chi connectivity index (χ1) is 14.7. The van der Waals surface area contributed by atoms with Crippen LogP contribution >= 0.6 is 22.9 Å². The number of halogens is 3. The Morgan fingerprint density at radius 3 is 2.48 bits per heavy atom. The number of rotatable bonds is 8. The lowest BCUT2D eigenvalue weighted by Crippen LogP contribution is -2.35. The minimum Gasteiger partial charge on any atom is -0.396 e. The number of anilines is 1. The highest BCUT2D eigenvalue weighted by atomic mass is 35.5. The third kappa shape index (κ3) is 4.90. The second kappa shape index (κ2) is 9.60. The Balaban J connectivity index is 2.23. The maximum atomic E-state index is 14.8. The third-order valence-corrected chi connectivity index (χ3v) is 8.13. The fourth-order valence-electron chi connectivity index (χ4n) is 3.21. The minimum atomic E-state index is -4.30. The molecule has 1 N–H and O–H groups in total. The summed E-state index contributed by atoms with van der Waals surface area (Å²) in [5, 5.41) is 10.1. The van der Waals surface area contributed by atoms with Crippen LogP contribution < -0.4 is 4.31 Å². The smallest absolute Gasteiger partial charge is 0.265 e. The highest BCUT2D eigenvalue weighted by Crippen LogP contribution is 2.39. The quantitative estimate of drug-likeness (QED) is 0.471. The molecule has 0 spiro atoms. The van der Waals surface area contributed by atoms with Crippen molar-refractivity contribution in [3.8, 4) is 0 Å². The number of aliphatic hydroxyl groups is 1. The van der Waals surface area contributed by atoms with Crippen LogP contribution in [0.15, 0.2) is 47.4 Å². The van der Waals surface area contributed by atoms with E-state index in [-0.39, 0.29) is 17.9 Å². The van der Waals surface area contributed by atoms with Crippen LogP contribution in [0, 0.1) is 18.6 Å². The van der Waals surface area contributed by atoms with E-state index < -0.39 is 33.4 Å². The summed E-state index contributed by atoms with van der Waals surface area (Å²) in [5.74, 6) is -1.64. The fraction of sp³-hybridized carbons (Fsp3) is 0.286. The van der Waals surface area contributed by atoms with Crippen LogP contribution in [0.4, 0.5) is 14.5 Å². The van der Waals surface area contributed by atoms with Gasteiger partial charge in [-0.25, -0.2) is 22.2 Å². The highest BCUT2D eigenvalue weighted by molar-refractivity contribution is 7.92. The largest absolute Gasteiger partial charge is 0.396 e. The van der Waals surface area contributed by atoms with Crippen molar-refractivity contribution in [2.24, 2.45) is 0 Å². The van der Waals surface area contributed by atoms with Crippen molar-refractivity contribution in [1.82, 2.24) is 4.98 Å². The number of hydrogen-bond donors (Lipinski definition) is 1. The Hall–Kier alpha value is -2.07. The Morgan fingerprint density at radius 2 is 1.87 bits per heavy atom. The molecule has 0 radical (unpaired) electrons. The number of hydrogen-bond acceptors (Lipinski definition) is 5. The van der Waals surface area contributed by atoms with Gasteiger partial charge in [-0.3, -0.25) is 4.31 Å². The van der Waals surface area contributed by atoms with Gasteiger partial charge >= 0.3 is 0 Å². The molecule has 0 saturated heterocycles. The Labute approximate surface area is 189 Å². The minimum absolute atomic E-state index is 0.0788. The Morgan fingerprint density at radius 1 is 1.19 bits per heavy atom. The highest BCUT2D eigenvalue weighted by Gasteiger charge is 2.36. The maximum absolute atomic E-state index is 14.8. The van der Waals surface area contributed by atoms with Gasteiger partial charge in [0.25, 0.3) is 10.0 Å². The first kappa shape index (κ1) is 23.6. The molecule has 1 atom stereocenters. The molecule has 10 heteroatoms. The van der Waals surface area contributed by atoms with Crippen LogP contribution in [0.1, 0.15) is 35.0 Å². The zero-order valence-electron chi connectivity index (χ0n) is 16.8. The Bertz CT molecular complexity index is 1170. The Kier molecular flexibility index (Phi) is 7.31. The molecule has 1 unspecified atom stereocenters.